The highest BCUT2D eigenvalue weighted by Crippen LogP contribution is 2.54. The van der Waals surface area contributed by atoms with Gasteiger partial charge in [0.05, 0.1) is 0 Å². The van der Waals surface area contributed by atoms with E-state index in [1.807, 2.05) is 6.07 Å². The predicted molar refractivity (Wildman–Crippen MR) is 113 cm³/mol. The van der Waals surface area contributed by atoms with Gasteiger partial charge < -0.3 is 15.2 Å². The molecule has 4 fully saturated rings. The maximum absolute atomic E-state index is 12.8. The van der Waals surface area contributed by atoms with Gasteiger partial charge in [0.15, 0.2) is 0 Å². The summed E-state index contributed by atoms with van der Waals surface area (Å²) in [6, 6.07) is 6.26. The smallest absolute Gasteiger partial charge is 0.408 e. The van der Waals surface area contributed by atoms with Gasteiger partial charge in [-0.2, -0.15) is 0 Å². The van der Waals surface area contributed by atoms with Crippen LogP contribution in [0.5, 0.6) is 0 Å². The first-order valence-electron chi connectivity index (χ1n) is 11.7. The van der Waals surface area contributed by atoms with Gasteiger partial charge in [0.2, 0.25) is 0 Å². The summed E-state index contributed by atoms with van der Waals surface area (Å²) in [7, 11) is 0. The predicted octanol–water partition coefficient (Wildman–Crippen LogP) is 4.50. The van der Waals surface area contributed by atoms with E-state index in [1.54, 1.807) is 6.92 Å². The number of fused-ring (bicyclic) bond motifs is 1. The van der Waals surface area contributed by atoms with Crippen LogP contribution in [0, 0.1) is 23.7 Å². The Bertz CT molecular complexity index is 822. The molecular formula is C25H33NO4. The van der Waals surface area contributed by atoms with Crippen molar-refractivity contribution in [2.45, 2.75) is 82.8 Å². The largest absolute Gasteiger partial charge is 0.480 e. The number of carboxylic acid groups (broad SMARTS) is 1. The van der Waals surface area contributed by atoms with Crippen molar-refractivity contribution in [3.8, 4) is 0 Å². The fourth-order valence-corrected chi connectivity index (χ4v) is 6.92. The highest BCUT2D eigenvalue weighted by molar-refractivity contribution is 5.84. The quantitative estimate of drug-likeness (QED) is 0.748. The molecule has 6 rings (SSSR count). The van der Waals surface area contributed by atoms with E-state index in [2.05, 4.69) is 17.4 Å². The second-order valence-corrected chi connectivity index (χ2v) is 10.5. The summed E-state index contributed by atoms with van der Waals surface area (Å²) in [6.45, 7) is 1.59. The standard InChI is InChI=1S/C25H33NO4/c1-25(23(27)28,14-15-6-7-18-4-2-3-5-19(18)9-15)26-24(29)30-22-20-10-16-8-17(12-20)13-21(22)11-16/h6-7,9,16-17,20-22H,2-5,8,10-14H2,1H3,(H,26,29)(H,27,28). The van der Waals surface area contributed by atoms with Crippen LogP contribution in [0.15, 0.2) is 18.2 Å². The summed E-state index contributed by atoms with van der Waals surface area (Å²) in [6.07, 6.45) is 10.2. The van der Waals surface area contributed by atoms with E-state index in [0.29, 0.717) is 11.8 Å². The maximum Gasteiger partial charge on any atom is 0.408 e. The minimum Gasteiger partial charge on any atom is -0.480 e. The minimum absolute atomic E-state index is 0.0420. The molecule has 0 saturated heterocycles. The van der Waals surface area contributed by atoms with Crippen molar-refractivity contribution in [1.29, 1.82) is 0 Å². The Balaban J connectivity index is 1.26. The molecule has 5 nitrogen and oxygen atoms in total. The number of carboxylic acids is 1. The fourth-order valence-electron chi connectivity index (χ4n) is 6.92. The van der Waals surface area contributed by atoms with E-state index < -0.39 is 17.6 Å². The van der Waals surface area contributed by atoms with Crippen LogP contribution in [0.3, 0.4) is 0 Å². The highest BCUT2D eigenvalue weighted by Gasteiger charge is 2.50. The average molecular weight is 412 g/mol. The number of aryl methyl sites for hydroxylation is 2. The van der Waals surface area contributed by atoms with Gasteiger partial charge in [-0.3, -0.25) is 0 Å². The number of rotatable bonds is 5. The Morgan fingerprint density at radius 1 is 1.03 bits per heavy atom. The van der Waals surface area contributed by atoms with Crippen molar-refractivity contribution in [3.63, 3.8) is 0 Å². The molecule has 0 radical (unpaired) electrons. The van der Waals surface area contributed by atoms with E-state index in [4.69, 9.17) is 4.74 Å². The molecule has 1 amide bonds. The van der Waals surface area contributed by atoms with E-state index >= 15 is 0 Å². The Hall–Kier alpha value is -2.04. The number of benzene rings is 1. The summed E-state index contributed by atoms with van der Waals surface area (Å²) < 4.78 is 5.89. The number of ether oxygens (including phenoxy) is 1. The first kappa shape index (κ1) is 19.9. The molecule has 0 spiro atoms. The molecule has 1 atom stereocenters. The molecule has 5 aliphatic rings. The number of hydrogen-bond donors (Lipinski definition) is 2. The molecule has 1 aromatic carbocycles. The zero-order chi connectivity index (χ0) is 20.9. The normalized spacial score (nSPS) is 33.4. The molecule has 5 heteroatoms. The van der Waals surface area contributed by atoms with Gasteiger partial charge in [-0.05, 0) is 105 Å². The number of amides is 1. The fraction of sp³-hybridized carbons (Fsp3) is 0.680. The van der Waals surface area contributed by atoms with Crippen molar-refractivity contribution in [1.82, 2.24) is 5.32 Å². The second-order valence-electron chi connectivity index (χ2n) is 10.5. The number of nitrogens with one attached hydrogen (secondary N) is 1. The van der Waals surface area contributed by atoms with Gasteiger partial charge in [-0.25, -0.2) is 9.59 Å². The Morgan fingerprint density at radius 2 is 1.67 bits per heavy atom. The van der Waals surface area contributed by atoms with Gasteiger partial charge in [-0.15, -0.1) is 0 Å². The number of aliphatic carboxylic acids is 1. The van der Waals surface area contributed by atoms with E-state index in [9.17, 15) is 14.7 Å². The lowest BCUT2D eigenvalue weighted by Crippen LogP contribution is -2.56. The molecule has 0 aromatic heterocycles. The van der Waals surface area contributed by atoms with Crippen molar-refractivity contribution in [2.24, 2.45) is 23.7 Å². The van der Waals surface area contributed by atoms with Gasteiger partial charge in [0, 0.05) is 6.42 Å². The van der Waals surface area contributed by atoms with Crippen LogP contribution in [0.2, 0.25) is 0 Å². The molecule has 1 unspecified atom stereocenters. The van der Waals surface area contributed by atoms with E-state index in [-0.39, 0.29) is 12.5 Å². The lowest BCUT2D eigenvalue weighted by atomic mass is 9.55. The summed E-state index contributed by atoms with van der Waals surface area (Å²) in [5.41, 5.74) is 2.26. The van der Waals surface area contributed by atoms with Gasteiger partial charge in [0.1, 0.15) is 11.6 Å². The zero-order valence-electron chi connectivity index (χ0n) is 17.9. The van der Waals surface area contributed by atoms with Crippen LogP contribution in [0.1, 0.15) is 68.6 Å². The SMILES string of the molecule is CC(Cc1ccc2c(c1)CCCC2)(NC(=O)OC1C2CC3CC(C2)CC1C3)C(=O)O. The number of alkyl carbamates (subject to hydrolysis) is 1. The molecule has 0 heterocycles. The molecule has 0 aliphatic heterocycles. The number of carbonyl (C=O) groups excluding carboxylic acids is 1. The molecule has 5 aliphatic carbocycles. The topological polar surface area (TPSA) is 75.6 Å². The Kier molecular flexibility index (Phi) is 5.03. The van der Waals surface area contributed by atoms with Crippen LogP contribution >= 0.6 is 0 Å². The van der Waals surface area contributed by atoms with Crippen molar-refractivity contribution >= 4 is 12.1 Å². The summed E-state index contributed by atoms with van der Waals surface area (Å²) in [5, 5.41) is 12.6. The molecule has 2 N–H and O–H groups in total. The lowest BCUT2D eigenvalue weighted by Gasteiger charge is -2.53. The van der Waals surface area contributed by atoms with Crippen LogP contribution in [-0.4, -0.2) is 28.8 Å². The minimum atomic E-state index is -1.38. The highest BCUT2D eigenvalue weighted by atomic mass is 16.6. The lowest BCUT2D eigenvalue weighted by molar-refractivity contribution is -0.144. The third-order valence-electron chi connectivity index (χ3n) is 8.20. The van der Waals surface area contributed by atoms with E-state index in [0.717, 1.165) is 55.9 Å². The van der Waals surface area contributed by atoms with Crippen molar-refractivity contribution < 1.29 is 19.4 Å². The Labute approximate surface area is 178 Å². The van der Waals surface area contributed by atoms with Crippen molar-refractivity contribution in [3.05, 3.63) is 34.9 Å². The molecule has 1 aromatic rings. The van der Waals surface area contributed by atoms with Crippen LogP contribution in [0.4, 0.5) is 4.79 Å². The van der Waals surface area contributed by atoms with E-state index in [1.165, 1.54) is 30.4 Å². The zero-order valence-corrected chi connectivity index (χ0v) is 17.9. The summed E-state index contributed by atoms with van der Waals surface area (Å²) >= 11 is 0. The molecule has 162 valence electrons. The first-order chi connectivity index (χ1) is 14.4. The third kappa shape index (κ3) is 3.72. The summed E-state index contributed by atoms with van der Waals surface area (Å²) in [5.74, 6) is 1.52. The monoisotopic (exact) mass is 411 g/mol. The van der Waals surface area contributed by atoms with Gasteiger partial charge >= 0.3 is 12.1 Å². The molecule has 30 heavy (non-hydrogen) atoms. The molecular weight excluding hydrogens is 378 g/mol. The third-order valence-corrected chi connectivity index (χ3v) is 8.20. The molecule has 4 saturated carbocycles. The summed E-state index contributed by atoms with van der Waals surface area (Å²) in [4.78, 5) is 24.9. The van der Waals surface area contributed by atoms with Crippen LogP contribution in [0.25, 0.3) is 0 Å². The number of hydrogen-bond acceptors (Lipinski definition) is 3. The van der Waals surface area contributed by atoms with Crippen molar-refractivity contribution in [2.75, 3.05) is 0 Å². The van der Waals surface area contributed by atoms with Gasteiger partial charge in [-0.1, -0.05) is 18.2 Å². The average Bonchev–Trinajstić information content (AvgIpc) is 2.70. The second kappa shape index (κ2) is 7.58. The van der Waals surface area contributed by atoms with Crippen LogP contribution in [-0.2, 0) is 28.8 Å². The first-order valence-corrected chi connectivity index (χ1v) is 11.7. The van der Waals surface area contributed by atoms with Gasteiger partial charge in [0.25, 0.3) is 0 Å². The number of carbonyl (C=O) groups is 2. The maximum atomic E-state index is 12.8. The van der Waals surface area contributed by atoms with Crippen LogP contribution < -0.4 is 5.32 Å². The Morgan fingerprint density at radius 3 is 2.30 bits per heavy atom. The molecule has 4 bridgehead atoms.